The van der Waals surface area contributed by atoms with Crippen molar-refractivity contribution in [3.8, 4) is 11.5 Å². The van der Waals surface area contributed by atoms with Gasteiger partial charge in [0.15, 0.2) is 0 Å². The van der Waals surface area contributed by atoms with Crippen LogP contribution in [0.25, 0.3) is 0 Å². The molecule has 178 valence electrons. The number of hydrogen-bond acceptors (Lipinski definition) is 5. The van der Waals surface area contributed by atoms with Gasteiger partial charge in [0.2, 0.25) is 0 Å². The summed E-state index contributed by atoms with van der Waals surface area (Å²) < 4.78 is 38.6. The van der Waals surface area contributed by atoms with E-state index >= 15 is 0 Å². The quantitative estimate of drug-likeness (QED) is 0.498. The van der Waals surface area contributed by atoms with Crippen LogP contribution in [0.15, 0.2) is 77.7 Å². The molecule has 0 radical (unpaired) electrons. The number of amides is 1. The normalized spacial score (nSPS) is 15.7. The highest BCUT2D eigenvalue weighted by molar-refractivity contribution is 7.92. The van der Waals surface area contributed by atoms with E-state index in [9.17, 15) is 13.2 Å². The molecule has 1 heterocycles. The molecule has 0 unspecified atom stereocenters. The van der Waals surface area contributed by atoms with E-state index in [4.69, 9.17) is 9.47 Å². The number of rotatable bonds is 7. The Balaban J connectivity index is 1.65. The first-order chi connectivity index (χ1) is 16.4. The third kappa shape index (κ3) is 4.46. The van der Waals surface area contributed by atoms with Crippen molar-refractivity contribution < 1.29 is 22.7 Å². The van der Waals surface area contributed by atoms with E-state index in [-0.39, 0.29) is 16.8 Å². The zero-order valence-corrected chi connectivity index (χ0v) is 20.3. The van der Waals surface area contributed by atoms with Crippen LogP contribution in [0.5, 0.6) is 11.5 Å². The number of hydrogen-bond donors (Lipinski definition) is 0. The Morgan fingerprint density at radius 2 is 1.74 bits per heavy atom. The number of nitrogens with zero attached hydrogens (tertiary/aromatic N) is 2. The van der Waals surface area contributed by atoms with Crippen molar-refractivity contribution >= 4 is 21.6 Å². The van der Waals surface area contributed by atoms with E-state index < -0.39 is 10.0 Å². The van der Waals surface area contributed by atoms with Crippen molar-refractivity contribution in [1.29, 1.82) is 0 Å². The van der Waals surface area contributed by atoms with Gasteiger partial charge in [-0.25, -0.2) is 8.42 Å². The first kappa shape index (κ1) is 23.6. The first-order valence-corrected chi connectivity index (χ1v) is 12.5. The summed E-state index contributed by atoms with van der Waals surface area (Å²) in [4.78, 5) is 15.4. The molecule has 3 aromatic rings. The number of ether oxygens (including phenoxy) is 2. The molecule has 0 N–H and O–H groups in total. The number of methoxy groups -OCH3 is 2. The van der Waals surface area contributed by atoms with Crippen LogP contribution in [-0.2, 0) is 10.0 Å². The van der Waals surface area contributed by atoms with Crippen LogP contribution in [0.4, 0.5) is 5.69 Å². The molecule has 1 atom stereocenters. The van der Waals surface area contributed by atoms with Gasteiger partial charge in [0.25, 0.3) is 15.9 Å². The SMILES string of the molecule is COc1ccc(OC)c([C@@H]2CCCN2C(=O)c2cccc(S(=O)(=O)N(C)c3ccccc3)c2)c1. The fourth-order valence-electron chi connectivity index (χ4n) is 4.32. The zero-order chi connectivity index (χ0) is 24.3. The van der Waals surface area contributed by atoms with E-state index in [2.05, 4.69) is 0 Å². The van der Waals surface area contributed by atoms with Crippen LogP contribution >= 0.6 is 0 Å². The van der Waals surface area contributed by atoms with E-state index in [1.807, 2.05) is 24.3 Å². The van der Waals surface area contributed by atoms with Crippen LogP contribution in [0, 0.1) is 0 Å². The van der Waals surface area contributed by atoms with Crippen LogP contribution in [0.1, 0.15) is 34.8 Å². The number of benzene rings is 3. The van der Waals surface area contributed by atoms with Crippen molar-refractivity contribution in [2.75, 3.05) is 32.1 Å². The highest BCUT2D eigenvalue weighted by atomic mass is 32.2. The minimum Gasteiger partial charge on any atom is -0.497 e. The van der Waals surface area contributed by atoms with Crippen LogP contribution < -0.4 is 13.8 Å². The number of anilines is 1. The van der Waals surface area contributed by atoms with Gasteiger partial charge in [-0.05, 0) is 61.4 Å². The van der Waals surface area contributed by atoms with Gasteiger partial charge in [0.1, 0.15) is 11.5 Å². The molecule has 7 nitrogen and oxygen atoms in total. The predicted molar refractivity (Wildman–Crippen MR) is 131 cm³/mol. The molecule has 34 heavy (non-hydrogen) atoms. The smallest absolute Gasteiger partial charge is 0.264 e. The topological polar surface area (TPSA) is 76.1 Å². The molecule has 0 aliphatic carbocycles. The summed E-state index contributed by atoms with van der Waals surface area (Å²) in [5, 5.41) is 0. The highest BCUT2D eigenvalue weighted by Crippen LogP contribution is 2.39. The van der Waals surface area contributed by atoms with E-state index in [0.717, 1.165) is 18.4 Å². The second-order valence-electron chi connectivity index (χ2n) is 8.10. The summed E-state index contributed by atoms with van der Waals surface area (Å²) in [5.74, 6) is 1.16. The third-order valence-electron chi connectivity index (χ3n) is 6.17. The molecule has 1 aliphatic rings. The second kappa shape index (κ2) is 9.77. The number of para-hydroxylation sites is 1. The van der Waals surface area contributed by atoms with Crippen molar-refractivity contribution in [2.45, 2.75) is 23.8 Å². The fourth-order valence-corrected chi connectivity index (χ4v) is 5.57. The molecular weight excluding hydrogens is 452 g/mol. The Morgan fingerprint density at radius 1 is 0.971 bits per heavy atom. The zero-order valence-electron chi connectivity index (χ0n) is 19.5. The number of carbonyl (C=O) groups is 1. The minimum absolute atomic E-state index is 0.0689. The van der Waals surface area contributed by atoms with E-state index in [1.54, 1.807) is 55.5 Å². The van der Waals surface area contributed by atoms with Gasteiger partial charge in [-0.15, -0.1) is 0 Å². The maximum absolute atomic E-state index is 13.5. The summed E-state index contributed by atoms with van der Waals surface area (Å²) in [6.45, 7) is 0.574. The maximum atomic E-state index is 13.5. The predicted octanol–water partition coefficient (Wildman–Crippen LogP) is 4.51. The molecule has 0 saturated carbocycles. The fraction of sp³-hybridized carbons (Fsp3) is 0.269. The molecule has 1 amide bonds. The van der Waals surface area contributed by atoms with Crippen molar-refractivity contribution in [1.82, 2.24) is 4.90 Å². The lowest BCUT2D eigenvalue weighted by molar-refractivity contribution is 0.0733. The Kier molecular flexibility index (Phi) is 6.79. The van der Waals surface area contributed by atoms with Gasteiger partial charge in [-0.2, -0.15) is 0 Å². The Bertz CT molecular complexity index is 1280. The Hall–Kier alpha value is -3.52. The number of sulfonamides is 1. The van der Waals surface area contributed by atoms with Crippen molar-refractivity contribution in [2.24, 2.45) is 0 Å². The molecular formula is C26H28N2O5S. The average Bonchev–Trinajstić information content (AvgIpc) is 3.37. The highest BCUT2D eigenvalue weighted by Gasteiger charge is 2.33. The summed E-state index contributed by atoms with van der Waals surface area (Å²) in [6.07, 6.45) is 1.62. The van der Waals surface area contributed by atoms with Gasteiger partial charge in [-0.3, -0.25) is 9.10 Å². The Morgan fingerprint density at radius 3 is 2.44 bits per heavy atom. The standard InChI is InChI=1S/C26H28N2O5S/c1-27(20-10-5-4-6-11-20)34(30,31)22-12-7-9-19(17-22)26(29)28-16-8-13-24(28)23-18-21(32-2)14-15-25(23)33-3/h4-7,9-12,14-15,17-18,24H,8,13,16H2,1-3H3/t24-/m0/s1. The lowest BCUT2D eigenvalue weighted by Crippen LogP contribution is -2.31. The van der Waals surface area contributed by atoms with Gasteiger partial charge in [0.05, 0.1) is 30.8 Å². The van der Waals surface area contributed by atoms with E-state index in [0.29, 0.717) is 29.3 Å². The minimum atomic E-state index is -3.83. The molecule has 0 bridgehead atoms. The summed E-state index contributed by atoms with van der Waals surface area (Å²) in [6, 6.07) is 20.4. The first-order valence-electron chi connectivity index (χ1n) is 11.0. The van der Waals surface area contributed by atoms with Crippen molar-refractivity contribution in [3.63, 3.8) is 0 Å². The van der Waals surface area contributed by atoms with Gasteiger partial charge < -0.3 is 14.4 Å². The van der Waals surface area contributed by atoms with Gasteiger partial charge in [0, 0.05) is 24.7 Å². The molecule has 1 saturated heterocycles. The number of likely N-dealkylation sites (tertiary alicyclic amines) is 1. The molecule has 8 heteroatoms. The molecule has 1 fully saturated rings. The summed E-state index contributed by atoms with van der Waals surface area (Å²) in [7, 11) is 0.874. The average molecular weight is 481 g/mol. The molecule has 0 aromatic heterocycles. The monoisotopic (exact) mass is 480 g/mol. The third-order valence-corrected chi connectivity index (χ3v) is 7.95. The summed E-state index contributed by atoms with van der Waals surface area (Å²) in [5.41, 5.74) is 1.75. The summed E-state index contributed by atoms with van der Waals surface area (Å²) >= 11 is 0. The van der Waals surface area contributed by atoms with Gasteiger partial charge in [-0.1, -0.05) is 24.3 Å². The van der Waals surface area contributed by atoms with Crippen LogP contribution in [0.2, 0.25) is 0 Å². The lowest BCUT2D eigenvalue weighted by Gasteiger charge is -2.27. The van der Waals surface area contributed by atoms with Crippen LogP contribution in [0.3, 0.4) is 0 Å². The molecule has 3 aromatic carbocycles. The lowest BCUT2D eigenvalue weighted by atomic mass is 10.0. The Labute approximate surface area is 200 Å². The molecule has 1 aliphatic heterocycles. The molecule has 4 rings (SSSR count). The maximum Gasteiger partial charge on any atom is 0.264 e. The number of carbonyl (C=O) groups excluding carboxylic acids is 1. The van der Waals surface area contributed by atoms with Crippen LogP contribution in [-0.4, -0.2) is 47.0 Å². The largest absolute Gasteiger partial charge is 0.497 e. The second-order valence-corrected chi connectivity index (χ2v) is 10.1. The van der Waals surface area contributed by atoms with Gasteiger partial charge >= 0.3 is 0 Å². The van der Waals surface area contributed by atoms with Crippen molar-refractivity contribution in [3.05, 3.63) is 83.9 Å². The van der Waals surface area contributed by atoms with E-state index in [1.165, 1.54) is 23.5 Å². The molecule has 0 spiro atoms.